The maximum atomic E-state index is 12.9. The lowest BCUT2D eigenvalue weighted by Crippen LogP contribution is -2.18. The highest BCUT2D eigenvalue weighted by atomic mass is 32.2. The molecule has 0 heterocycles. The van der Waals surface area contributed by atoms with Gasteiger partial charge in [0.2, 0.25) is 0 Å². The van der Waals surface area contributed by atoms with E-state index >= 15 is 0 Å². The number of aryl methyl sites for hydroxylation is 1. The SMILES string of the molecule is Cc1ccc(NS(=O)(=O)c2ccccc2C(F)(F)F)cc1. The lowest BCUT2D eigenvalue weighted by atomic mass is 10.2. The molecular weight excluding hydrogens is 303 g/mol. The molecule has 0 amide bonds. The fourth-order valence-corrected chi connectivity index (χ4v) is 3.05. The van der Waals surface area contributed by atoms with Crippen LogP contribution in [-0.4, -0.2) is 8.42 Å². The molecule has 0 aliphatic carbocycles. The van der Waals surface area contributed by atoms with Crippen LogP contribution in [0.15, 0.2) is 53.4 Å². The van der Waals surface area contributed by atoms with Crippen LogP contribution in [0.4, 0.5) is 18.9 Å². The second kappa shape index (κ2) is 5.40. The summed E-state index contributed by atoms with van der Waals surface area (Å²) in [6.45, 7) is 1.82. The number of hydrogen-bond acceptors (Lipinski definition) is 2. The molecule has 0 saturated heterocycles. The number of anilines is 1. The van der Waals surface area contributed by atoms with Gasteiger partial charge in [-0.05, 0) is 31.2 Å². The van der Waals surface area contributed by atoms with Crippen molar-refractivity contribution >= 4 is 15.7 Å². The van der Waals surface area contributed by atoms with Crippen molar-refractivity contribution in [3.05, 3.63) is 59.7 Å². The third-order valence-electron chi connectivity index (χ3n) is 2.79. The molecule has 0 aliphatic rings. The molecule has 0 saturated carbocycles. The first-order valence-electron chi connectivity index (χ1n) is 5.96. The van der Waals surface area contributed by atoms with Crippen molar-refractivity contribution in [1.82, 2.24) is 0 Å². The molecule has 0 atom stereocenters. The van der Waals surface area contributed by atoms with E-state index in [0.717, 1.165) is 23.8 Å². The first-order chi connectivity index (χ1) is 9.70. The minimum Gasteiger partial charge on any atom is -0.280 e. The van der Waals surface area contributed by atoms with Crippen molar-refractivity contribution in [2.75, 3.05) is 4.72 Å². The Morgan fingerprint density at radius 1 is 0.952 bits per heavy atom. The van der Waals surface area contributed by atoms with Gasteiger partial charge in [-0.2, -0.15) is 13.2 Å². The summed E-state index contributed by atoms with van der Waals surface area (Å²) in [6, 6.07) is 10.4. The maximum absolute atomic E-state index is 12.9. The monoisotopic (exact) mass is 315 g/mol. The zero-order valence-corrected chi connectivity index (χ0v) is 11.8. The van der Waals surface area contributed by atoms with Crippen LogP contribution in [0, 0.1) is 6.92 Å². The fourth-order valence-electron chi connectivity index (χ4n) is 1.77. The number of hydrogen-bond donors (Lipinski definition) is 1. The second-order valence-corrected chi connectivity index (χ2v) is 6.12. The number of halogens is 3. The maximum Gasteiger partial charge on any atom is 0.417 e. The van der Waals surface area contributed by atoms with Gasteiger partial charge in [-0.25, -0.2) is 8.42 Å². The summed E-state index contributed by atoms with van der Waals surface area (Å²) in [7, 11) is -4.31. The molecule has 112 valence electrons. The van der Waals surface area contributed by atoms with Crippen molar-refractivity contribution < 1.29 is 21.6 Å². The first kappa shape index (κ1) is 15.4. The number of alkyl halides is 3. The minimum absolute atomic E-state index is 0.206. The quantitative estimate of drug-likeness (QED) is 0.936. The highest BCUT2D eigenvalue weighted by Gasteiger charge is 2.36. The second-order valence-electron chi connectivity index (χ2n) is 4.47. The normalized spacial score (nSPS) is 12.2. The van der Waals surface area contributed by atoms with Crippen LogP contribution in [-0.2, 0) is 16.2 Å². The highest BCUT2D eigenvalue weighted by Crippen LogP contribution is 2.34. The van der Waals surface area contributed by atoms with Crippen LogP contribution in [0.25, 0.3) is 0 Å². The molecule has 0 bridgehead atoms. The van der Waals surface area contributed by atoms with Crippen LogP contribution in [0.2, 0.25) is 0 Å². The van der Waals surface area contributed by atoms with E-state index < -0.39 is 26.7 Å². The third kappa shape index (κ3) is 3.55. The Kier molecular flexibility index (Phi) is 3.95. The van der Waals surface area contributed by atoms with Gasteiger partial charge in [0.15, 0.2) is 0 Å². The van der Waals surface area contributed by atoms with Gasteiger partial charge in [0, 0.05) is 5.69 Å². The van der Waals surface area contributed by atoms with Gasteiger partial charge in [0.05, 0.1) is 10.5 Å². The predicted molar refractivity (Wildman–Crippen MR) is 73.4 cm³/mol. The van der Waals surface area contributed by atoms with E-state index in [1.165, 1.54) is 18.2 Å². The summed E-state index contributed by atoms with van der Waals surface area (Å²) >= 11 is 0. The molecular formula is C14H12F3NO2S. The molecule has 3 nitrogen and oxygen atoms in total. The van der Waals surface area contributed by atoms with E-state index in [2.05, 4.69) is 4.72 Å². The Bertz CT molecular complexity index is 738. The van der Waals surface area contributed by atoms with Gasteiger partial charge in [0.25, 0.3) is 10.0 Å². The van der Waals surface area contributed by atoms with Crippen molar-refractivity contribution in [3.8, 4) is 0 Å². The van der Waals surface area contributed by atoms with Crippen LogP contribution in [0.3, 0.4) is 0 Å². The number of sulfonamides is 1. The molecule has 2 aromatic carbocycles. The molecule has 7 heteroatoms. The molecule has 2 rings (SSSR count). The molecule has 0 aliphatic heterocycles. The molecule has 1 N–H and O–H groups in total. The van der Waals surface area contributed by atoms with Gasteiger partial charge in [-0.3, -0.25) is 4.72 Å². The van der Waals surface area contributed by atoms with Crippen molar-refractivity contribution in [3.63, 3.8) is 0 Å². The summed E-state index contributed by atoms with van der Waals surface area (Å²) in [4.78, 5) is -0.793. The molecule has 0 radical (unpaired) electrons. The van der Waals surface area contributed by atoms with Crippen LogP contribution in [0.1, 0.15) is 11.1 Å². The van der Waals surface area contributed by atoms with Crippen LogP contribution >= 0.6 is 0 Å². The smallest absolute Gasteiger partial charge is 0.280 e. The Hall–Kier alpha value is -2.02. The minimum atomic E-state index is -4.74. The Morgan fingerprint density at radius 2 is 1.52 bits per heavy atom. The zero-order chi connectivity index (χ0) is 15.7. The Labute approximate surface area is 120 Å². The average Bonchev–Trinajstić information content (AvgIpc) is 2.40. The van der Waals surface area contributed by atoms with Gasteiger partial charge < -0.3 is 0 Å². The summed E-state index contributed by atoms with van der Waals surface area (Å²) in [6.07, 6.45) is -4.74. The van der Waals surface area contributed by atoms with Crippen LogP contribution < -0.4 is 4.72 Å². The predicted octanol–water partition coefficient (Wildman–Crippen LogP) is 3.81. The topological polar surface area (TPSA) is 46.2 Å². The van der Waals surface area contributed by atoms with E-state index in [0.29, 0.717) is 0 Å². The summed E-state index contributed by atoms with van der Waals surface area (Å²) in [5.74, 6) is 0. The van der Waals surface area contributed by atoms with E-state index in [4.69, 9.17) is 0 Å². The number of nitrogens with one attached hydrogen (secondary N) is 1. The van der Waals surface area contributed by atoms with E-state index in [9.17, 15) is 21.6 Å². The van der Waals surface area contributed by atoms with Crippen molar-refractivity contribution in [1.29, 1.82) is 0 Å². The molecule has 0 spiro atoms. The lowest BCUT2D eigenvalue weighted by Gasteiger charge is -2.14. The number of benzene rings is 2. The molecule has 0 unspecified atom stereocenters. The largest absolute Gasteiger partial charge is 0.417 e. The van der Waals surface area contributed by atoms with Crippen molar-refractivity contribution in [2.24, 2.45) is 0 Å². The van der Waals surface area contributed by atoms with E-state index in [1.807, 2.05) is 6.92 Å². The van der Waals surface area contributed by atoms with Gasteiger partial charge in [-0.1, -0.05) is 29.8 Å². The van der Waals surface area contributed by atoms with Crippen molar-refractivity contribution in [2.45, 2.75) is 18.0 Å². The third-order valence-corrected chi connectivity index (χ3v) is 4.23. The van der Waals surface area contributed by atoms with Gasteiger partial charge >= 0.3 is 6.18 Å². The Balaban J connectivity index is 2.43. The molecule has 0 aromatic heterocycles. The molecule has 0 fully saturated rings. The highest BCUT2D eigenvalue weighted by molar-refractivity contribution is 7.92. The zero-order valence-electron chi connectivity index (χ0n) is 11.0. The standard InChI is InChI=1S/C14H12F3NO2S/c1-10-6-8-11(9-7-10)18-21(19,20)13-5-3-2-4-12(13)14(15,16)17/h2-9,18H,1H3. The lowest BCUT2D eigenvalue weighted by molar-refractivity contribution is -0.139. The number of rotatable bonds is 3. The Morgan fingerprint density at radius 3 is 2.10 bits per heavy atom. The van der Waals surface area contributed by atoms with Crippen LogP contribution in [0.5, 0.6) is 0 Å². The fraction of sp³-hybridized carbons (Fsp3) is 0.143. The van der Waals surface area contributed by atoms with Gasteiger partial charge in [0.1, 0.15) is 0 Å². The molecule has 2 aromatic rings. The molecule has 21 heavy (non-hydrogen) atoms. The van der Waals surface area contributed by atoms with E-state index in [-0.39, 0.29) is 5.69 Å². The summed E-state index contributed by atoms with van der Waals surface area (Å²) in [5.41, 5.74) is -0.0733. The summed E-state index contributed by atoms with van der Waals surface area (Å²) < 4.78 is 65.1. The van der Waals surface area contributed by atoms with E-state index in [1.54, 1.807) is 12.1 Å². The average molecular weight is 315 g/mol. The van der Waals surface area contributed by atoms with Gasteiger partial charge in [-0.15, -0.1) is 0 Å². The summed E-state index contributed by atoms with van der Waals surface area (Å²) in [5, 5.41) is 0. The first-order valence-corrected chi connectivity index (χ1v) is 7.44.